The molecular weight excluding hydrogens is 399 g/mol. The van der Waals surface area contributed by atoms with Crippen molar-refractivity contribution < 1.29 is 19.5 Å². The van der Waals surface area contributed by atoms with Crippen molar-refractivity contribution in [3.8, 4) is 0 Å². The molecule has 0 aliphatic carbocycles. The molecule has 2 aromatic carbocycles. The minimum atomic E-state index is -1.69. The Kier molecular flexibility index (Phi) is 5.22. The average molecular weight is 408 g/mol. The summed E-state index contributed by atoms with van der Waals surface area (Å²) in [4.78, 5) is 37.4. The Morgan fingerprint density at radius 1 is 1.08 bits per heavy atom. The topological polar surface area (TPSA) is 89.5 Å². The third-order valence-corrected chi connectivity index (χ3v) is 5.16. The summed E-state index contributed by atoms with van der Waals surface area (Å²) in [5.74, 6) is -1.57. The highest BCUT2D eigenvalue weighted by Gasteiger charge is 2.34. The van der Waals surface area contributed by atoms with Crippen molar-refractivity contribution in [1.82, 2.24) is 5.32 Å². The number of benzene rings is 2. The van der Waals surface area contributed by atoms with Gasteiger partial charge in [0.25, 0.3) is 11.8 Å². The lowest BCUT2D eigenvalue weighted by Gasteiger charge is -2.18. The Hall–Kier alpha value is -2.48. The molecule has 0 unspecified atom stereocenters. The van der Waals surface area contributed by atoms with E-state index in [1.807, 2.05) is 30.3 Å². The van der Waals surface area contributed by atoms with Crippen LogP contribution >= 0.6 is 35.0 Å². The van der Waals surface area contributed by atoms with Crippen LogP contribution in [0.25, 0.3) is 0 Å². The molecule has 3 amide bonds. The number of nitrogens with zero attached hydrogens (tertiary/aromatic N) is 1. The fourth-order valence-corrected chi connectivity index (χ4v) is 3.74. The van der Waals surface area contributed by atoms with E-state index in [-0.39, 0.29) is 10.7 Å². The Morgan fingerprint density at radius 3 is 2.42 bits per heavy atom. The van der Waals surface area contributed by atoms with Crippen LogP contribution in [-0.4, -0.2) is 17.9 Å². The first kappa shape index (κ1) is 18.3. The number of hydrogen-bond donors (Lipinski definition) is 1. The van der Waals surface area contributed by atoms with Gasteiger partial charge in [-0.15, -0.1) is 0 Å². The maximum Gasteiger partial charge on any atom is 0.282 e. The largest absolute Gasteiger partial charge is 0.530 e. The molecule has 0 fully saturated rings. The highest BCUT2D eigenvalue weighted by atomic mass is 35.5. The number of rotatable bonds is 4. The van der Waals surface area contributed by atoms with Crippen molar-refractivity contribution in [2.75, 3.05) is 4.90 Å². The van der Waals surface area contributed by atoms with E-state index in [1.165, 1.54) is 23.9 Å². The molecule has 132 valence electrons. The van der Waals surface area contributed by atoms with Gasteiger partial charge in [-0.1, -0.05) is 53.2 Å². The van der Waals surface area contributed by atoms with Crippen molar-refractivity contribution in [2.24, 2.45) is 0 Å². The van der Waals surface area contributed by atoms with Crippen molar-refractivity contribution in [3.05, 3.63) is 64.3 Å². The molecule has 3 rings (SSSR count). The van der Waals surface area contributed by atoms with Gasteiger partial charge in [0.1, 0.15) is 11.8 Å². The number of amides is 3. The third kappa shape index (κ3) is 3.70. The molecule has 0 spiro atoms. The number of carbonyl (C=O) groups is 3. The maximum absolute atomic E-state index is 12.3. The molecule has 0 radical (unpaired) electrons. The molecule has 0 saturated carbocycles. The fraction of sp³-hybridized carbons (Fsp3) is 0. The molecule has 9 heteroatoms. The Bertz CT molecular complexity index is 947. The van der Waals surface area contributed by atoms with Crippen LogP contribution in [0, 0.1) is 0 Å². The number of nitrogens with one attached hydrogen (secondary N) is 1. The summed E-state index contributed by atoms with van der Waals surface area (Å²) in [6.45, 7) is 0. The quantitative estimate of drug-likeness (QED) is 0.786. The summed E-state index contributed by atoms with van der Waals surface area (Å²) in [5.41, 5.74) is -0.297. The molecule has 0 aromatic heterocycles. The SMILES string of the molecule is O=C([O-])NC1=CC(=O)N(c2cc(Sc3ccccc3)c(Cl)cc2Cl)C1=O. The monoisotopic (exact) mass is 407 g/mol. The van der Waals surface area contributed by atoms with Crippen LogP contribution < -0.4 is 15.3 Å². The Morgan fingerprint density at radius 2 is 1.77 bits per heavy atom. The van der Waals surface area contributed by atoms with Crippen molar-refractivity contribution >= 4 is 58.6 Å². The van der Waals surface area contributed by atoms with Gasteiger partial charge in [-0.3, -0.25) is 9.59 Å². The highest BCUT2D eigenvalue weighted by molar-refractivity contribution is 7.99. The summed E-state index contributed by atoms with van der Waals surface area (Å²) in [6, 6.07) is 12.3. The second-order valence-corrected chi connectivity index (χ2v) is 7.03. The zero-order valence-corrected chi connectivity index (χ0v) is 15.2. The van der Waals surface area contributed by atoms with Crippen LogP contribution in [0.3, 0.4) is 0 Å². The fourth-order valence-electron chi connectivity index (χ4n) is 2.28. The zero-order chi connectivity index (χ0) is 18.8. The molecule has 0 bridgehead atoms. The standard InChI is InChI=1S/C17H10Cl2N2O4S/c18-10-6-11(19)14(26-9-4-2-1-3-5-9)8-13(10)21-15(22)7-12(16(21)23)20-17(24)25/h1-8,20H,(H,24,25)/p-1. The van der Waals surface area contributed by atoms with E-state index in [9.17, 15) is 19.5 Å². The molecule has 1 aliphatic heterocycles. The van der Waals surface area contributed by atoms with Crippen LogP contribution in [0.1, 0.15) is 0 Å². The molecule has 0 atom stereocenters. The number of halogens is 2. The normalized spacial score (nSPS) is 13.8. The lowest BCUT2D eigenvalue weighted by atomic mass is 10.3. The van der Waals surface area contributed by atoms with Gasteiger partial charge >= 0.3 is 0 Å². The number of carboxylic acid groups (broad SMARTS) is 1. The second kappa shape index (κ2) is 7.41. The summed E-state index contributed by atoms with van der Waals surface area (Å²) in [5, 5.41) is 12.8. The molecule has 1 N–H and O–H groups in total. The third-order valence-electron chi connectivity index (χ3n) is 3.37. The van der Waals surface area contributed by atoms with Gasteiger partial charge < -0.3 is 15.2 Å². The van der Waals surface area contributed by atoms with Crippen LogP contribution in [-0.2, 0) is 9.59 Å². The molecule has 2 aromatic rings. The second-order valence-electron chi connectivity index (χ2n) is 5.10. The average Bonchev–Trinajstić information content (AvgIpc) is 2.84. The first-order valence-electron chi connectivity index (χ1n) is 7.17. The maximum atomic E-state index is 12.3. The van der Waals surface area contributed by atoms with Gasteiger partial charge in [-0.2, -0.15) is 0 Å². The van der Waals surface area contributed by atoms with E-state index in [2.05, 4.69) is 0 Å². The van der Waals surface area contributed by atoms with Crippen LogP contribution in [0.5, 0.6) is 0 Å². The van der Waals surface area contributed by atoms with Gasteiger partial charge in [0, 0.05) is 15.9 Å². The number of anilines is 1. The Balaban J connectivity index is 1.96. The van der Waals surface area contributed by atoms with Gasteiger partial charge in [-0.05, 0) is 24.3 Å². The van der Waals surface area contributed by atoms with Gasteiger partial charge in [-0.25, -0.2) is 4.90 Å². The lowest BCUT2D eigenvalue weighted by Crippen LogP contribution is -2.40. The highest BCUT2D eigenvalue weighted by Crippen LogP contribution is 2.40. The van der Waals surface area contributed by atoms with E-state index in [0.29, 0.717) is 9.92 Å². The minimum absolute atomic E-state index is 0.0808. The zero-order valence-electron chi connectivity index (χ0n) is 12.9. The van der Waals surface area contributed by atoms with E-state index in [1.54, 1.807) is 5.32 Å². The molecule has 1 aliphatic rings. The van der Waals surface area contributed by atoms with Gasteiger partial charge in [0.15, 0.2) is 0 Å². The molecule has 26 heavy (non-hydrogen) atoms. The summed E-state index contributed by atoms with van der Waals surface area (Å²) in [7, 11) is 0. The molecular formula is C17H9Cl2N2O4S-. The predicted octanol–water partition coefficient (Wildman–Crippen LogP) is 2.83. The predicted molar refractivity (Wildman–Crippen MR) is 96.1 cm³/mol. The van der Waals surface area contributed by atoms with E-state index in [4.69, 9.17) is 23.2 Å². The van der Waals surface area contributed by atoms with Crippen LogP contribution in [0.2, 0.25) is 10.0 Å². The summed E-state index contributed by atoms with van der Waals surface area (Å²) >= 11 is 13.7. The van der Waals surface area contributed by atoms with Crippen molar-refractivity contribution in [1.29, 1.82) is 0 Å². The summed E-state index contributed by atoms with van der Waals surface area (Å²) in [6.07, 6.45) is -0.825. The number of hydrogen-bond acceptors (Lipinski definition) is 5. The minimum Gasteiger partial charge on any atom is -0.530 e. The van der Waals surface area contributed by atoms with Crippen molar-refractivity contribution in [2.45, 2.75) is 9.79 Å². The van der Waals surface area contributed by atoms with Gasteiger partial charge in [0.05, 0.1) is 15.7 Å². The first-order valence-corrected chi connectivity index (χ1v) is 8.74. The molecule has 6 nitrogen and oxygen atoms in total. The van der Waals surface area contributed by atoms with E-state index < -0.39 is 23.6 Å². The first-order chi connectivity index (χ1) is 12.4. The molecule has 0 saturated heterocycles. The van der Waals surface area contributed by atoms with Crippen LogP contribution in [0.4, 0.5) is 10.5 Å². The molecule has 1 heterocycles. The lowest BCUT2D eigenvalue weighted by molar-refractivity contribution is -0.249. The number of carbonyl (C=O) groups excluding carboxylic acids is 3. The van der Waals surface area contributed by atoms with E-state index in [0.717, 1.165) is 15.9 Å². The summed E-state index contributed by atoms with van der Waals surface area (Å²) < 4.78 is 0. The van der Waals surface area contributed by atoms with Crippen LogP contribution in [0.15, 0.2) is 64.0 Å². The number of imide groups is 1. The Labute approximate surface area is 162 Å². The van der Waals surface area contributed by atoms with E-state index >= 15 is 0 Å². The van der Waals surface area contributed by atoms with Gasteiger partial charge in [0.2, 0.25) is 0 Å². The van der Waals surface area contributed by atoms with Crippen molar-refractivity contribution in [3.63, 3.8) is 0 Å². The smallest absolute Gasteiger partial charge is 0.282 e.